The standard InChI is InChI=1S/C19H20ClN3O/c1-19(2)16-11-13(20)5-10-17(16)22-18(19)12-21-23(3)14-6-8-15(24-4)9-7-14/h5-12H,1-4H3/b21-12+. The molecule has 0 saturated heterocycles. The van der Waals surface area contributed by atoms with Gasteiger partial charge in [-0.05, 0) is 48.0 Å². The van der Waals surface area contributed by atoms with Crippen molar-refractivity contribution in [2.45, 2.75) is 19.3 Å². The first kappa shape index (κ1) is 16.5. The van der Waals surface area contributed by atoms with Gasteiger partial charge in [0.2, 0.25) is 0 Å². The Morgan fingerprint density at radius 1 is 1.17 bits per heavy atom. The zero-order chi connectivity index (χ0) is 17.3. The van der Waals surface area contributed by atoms with Gasteiger partial charge in [-0.1, -0.05) is 25.4 Å². The molecule has 2 aromatic rings. The Bertz CT molecular complexity index is 810. The maximum atomic E-state index is 6.13. The molecule has 0 amide bonds. The normalized spacial score (nSPS) is 15.3. The molecule has 0 spiro atoms. The number of halogens is 1. The molecule has 2 aromatic carbocycles. The summed E-state index contributed by atoms with van der Waals surface area (Å²) in [5.74, 6) is 0.824. The summed E-state index contributed by atoms with van der Waals surface area (Å²) in [5.41, 5.74) is 3.76. The highest BCUT2D eigenvalue weighted by Gasteiger charge is 2.34. The van der Waals surface area contributed by atoms with E-state index in [1.54, 1.807) is 7.11 Å². The zero-order valence-electron chi connectivity index (χ0n) is 14.2. The molecule has 4 nitrogen and oxygen atoms in total. The van der Waals surface area contributed by atoms with Crippen molar-refractivity contribution in [2.75, 3.05) is 19.2 Å². The van der Waals surface area contributed by atoms with Gasteiger partial charge in [0.1, 0.15) is 5.75 Å². The van der Waals surface area contributed by atoms with E-state index < -0.39 is 0 Å². The summed E-state index contributed by atoms with van der Waals surface area (Å²) in [6, 6.07) is 13.6. The van der Waals surface area contributed by atoms with Crippen LogP contribution in [0.3, 0.4) is 0 Å². The Hall–Kier alpha value is -2.33. The van der Waals surface area contributed by atoms with Crippen LogP contribution in [0.2, 0.25) is 5.02 Å². The fourth-order valence-electron chi connectivity index (χ4n) is 2.71. The van der Waals surface area contributed by atoms with Crippen molar-refractivity contribution in [2.24, 2.45) is 10.1 Å². The SMILES string of the molecule is COc1ccc(N(C)/N=C/C2=Nc3ccc(Cl)cc3C2(C)C)cc1. The smallest absolute Gasteiger partial charge is 0.119 e. The van der Waals surface area contributed by atoms with Crippen LogP contribution in [0.4, 0.5) is 11.4 Å². The Labute approximate surface area is 147 Å². The van der Waals surface area contributed by atoms with Crippen LogP contribution < -0.4 is 9.75 Å². The fraction of sp³-hybridized carbons (Fsp3) is 0.263. The zero-order valence-corrected chi connectivity index (χ0v) is 15.0. The second kappa shape index (κ2) is 6.29. The molecule has 3 rings (SSSR count). The van der Waals surface area contributed by atoms with Crippen molar-refractivity contribution in [3.8, 4) is 5.75 Å². The molecule has 0 unspecified atom stereocenters. The van der Waals surface area contributed by atoms with Gasteiger partial charge in [0.05, 0.1) is 30.4 Å². The number of anilines is 1. The quantitative estimate of drug-likeness (QED) is 0.589. The largest absolute Gasteiger partial charge is 0.497 e. The van der Waals surface area contributed by atoms with Gasteiger partial charge < -0.3 is 4.74 Å². The average Bonchev–Trinajstić information content (AvgIpc) is 2.83. The van der Waals surface area contributed by atoms with Crippen molar-refractivity contribution in [3.63, 3.8) is 0 Å². The van der Waals surface area contributed by atoms with Gasteiger partial charge in [-0.2, -0.15) is 5.10 Å². The lowest BCUT2D eigenvalue weighted by Crippen LogP contribution is -2.27. The predicted octanol–water partition coefficient (Wildman–Crippen LogP) is 4.83. The Kier molecular flexibility index (Phi) is 4.33. The van der Waals surface area contributed by atoms with Crippen LogP contribution in [0.1, 0.15) is 19.4 Å². The van der Waals surface area contributed by atoms with E-state index in [1.807, 2.05) is 60.7 Å². The van der Waals surface area contributed by atoms with Crippen LogP contribution in [0.15, 0.2) is 52.6 Å². The molecular weight excluding hydrogens is 322 g/mol. The number of methoxy groups -OCH3 is 1. The first-order valence-corrected chi connectivity index (χ1v) is 8.10. The minimum atomic E-state index is -0.218. The molecule has 0 radical (unpaired) electrons. The van der Waals surface area contributed by atoms with E-state index in [4.69, 9.17) is 21.3 Å². The van der Waals surface area contributed by atoms with Crippen LogP contribution in [0, 0.1) is 0 Å². The average molecular weight is 342 g/mol. The van der Waals surface area contributed by atoms with E-state index >= 15 is 0 Å². The third kappa shape index (κ3) is 3.02. The van der Waals surface area contributed by atoms with Crippen molar-refractivity contribution in [1.82, 2.24) is 0 Å². The number of benzene rings is 2. The van der Waals surface area contributed by atoms with Crippen molar-refractivity contribution in [3.05, 3.63) is 53.1 Å². The molecule has 1 heterocycles. The van der Waals surface area contributed by atoms with E-state index in [0.29, 0.717) is 0 Å². The highest BCUT2D eigenvalue weighted by Crippen LogP contribution is 2.40. The van der Waals surface area contributed by atoms with E-state index in [1.165, 1.54) is 0 Å². The van der Waals surface area contributed by atoms with Crippen LogP contribution >= 0.6 is 11.6 Å². The molecule has 0 atom stereocenters. The van der Waals surface area contributed by atoms with Gasteiger partial charge >= 0.3 is 0 Å². The molecule has 24 heavy (non-hydrogen) atoms. The fourth-order valence-corrected chi connectivity index (χ4v) is 2.88. The first-order valence-electron chi connectivity index (χ1n) is 7.73. The van der Waals surface area contributed by atoms with Gasteiger partial charge in [-0.15, -0.1) is 0 Å². The lowest BCUT2D eigenvalue weighted by atomic mass is 9.82. The summed E-state index contributed by atoms with van der Waals surface area (Å²) in [5, 5.41) is 7.08. The van der Waals surface area contributed by atoms with E-state index in [9.17, 15) is 0 Å². The van der Waals surface area contributed by atoms with E-state index in [-0.39, 0.29) is 5.41 Å². The summed E-state index contributed by atoms with van der Waals surface area (Å²) < 4.78 is 5.18. The van der Waals surface area contributed by atoms with Gasteiger partial charge in [0, 0.05) is 17.5 Å². The van der Waals surface area contributed by atoms with Gasteiger partial charge in [0.25, 0.3) is 0 Å². The predicted molar refractivity (Wildman–Crippen MR) is 101 cm³/mol. The molecular formula is C19H20ClN3O. The highest BCUT2D eigenvalue weighted by atomic mass is 35.5. The topological polar surface area (TPSA) is 37.2 Å². The summed E-state index contributed by atoms with van der Waals surface area (Å²) in [7, 11) is 3.56. The van der Waals surface area contributed by atoms with E-state index in [2.05, 4.69) is 18.9 Å². The number of hydrogen-bond donors (Lipinski definition) is 0. The highest BCUT2D eigenvalue weighted by molar-refractivity contribution is 6.37. The maximum Gasteiger partial charge on any atom is 0.119 e. The summed E-state index contributed by atoms with van der Waals surface area (Å²) in [6.45, 7) is 4.26. The molecule has 0 aliphatic carbocycles. The molecule has 5 heteroatoms. The van der Waals surface area contributed by atoms with Crippen LogP contribution in [0.25, 0.3) is 0 Å². The van der Waals surface area contributed by atoms with Gasteiger partial charge in [-0.25, -0.2) is 0 Å². The third-order valence-corrected chi connectivity index (χ3v) is 4.55. The lowest BCUT2D eigenvalue weighted by molar-refractivity contribution is 0.415. The van der Waals surface area contributed by atoms with E-state index in [0.717, 1.165) is 33.4 Å². The molecule has 0 N–H and O–H groups in total. The Balaban J connectivity index is 1.81. The lowest BCUT2D eigenvalue weighted by Gasteiger charge is -2.20. The monoisotopic (exact) mass is 341 g/mol. The minimum Gasteiger partial charge on any atom is -0.497 e. The maximum absolute atomic E-state index is 6.13. The number of aliphatic imine (C=N–C) groups is 1. The molecule has 1 aliphatic heterocycles. The van der Waals surface area contributed by atoms with Crippen molar-refractivity contribution < 1.29 is 4.74 Å². The molecule has 0 bridgehead atoms. The van der Waals surface area contributed by atoms with Gasteiger partial charge in [-0.3, -0.25) is 10.0 Å². The van der Waals surface area contributed by atoms with Crippen molar-refractivity contribution >= 4 is 34.9 Å². The first-order chi connectivity index (χ1) is 11.4. The van der Waals surface area contributed by atoms with Crippen LogP contribution in [-0.4, -0.2) is 26.1 Å². The molecule has 1 aliphatic rings. The summed E-state index contributed by atoms with van der Waals surface area (Å²) in [4.78, 5) is 4.70. The Morgan fingerprint density at radius 2 is 1.88 bits per heavy atom. The van der Waals surface area contributed by atoms with Crippen LogP contribution in [-0.2, 0) is 5.41 Å². The third-order valence-electron chi connectivity index (χ3n) is 4.31. The number of rotatable bonds is 4. The number of ether oxygens (including phenoxy) is 1. The van der Waals surface area contributed by atoms with Crippen LogP contribution in [0.5, 0.6) is 5.75 Å². The number of hydrogen-bond acceptors (Lipinski definition) is 4. The molecule has 0 fully saturated rings. The number of fused-ring (bicyclic) bond motifs is 1. The molecule has 0 saturated carbocycles. The Morgan fingerprint density at radius 3 is 2.54 bits per heavy atom. The van der Waals surface area contributed by atoms with Gasteiger partial charge in [0.15, 0.2) is 0 Å². The second-order valence-electron chi connectivity index (χ2n) is 6.25. The summed E-state index contributed by atoms with van der Waals surface area (Å²) >= 11 is 6.13. The van der Waals surface area contributed by atoms with Crippen molar-refractivity contribution in [1.29, 1.82) is 0 Å². The number of nitrogens with zero attached hydrogens (tertiary/aromatic N) is 3. The summed E-state index contributed by atoms with van der Waals surface area (Å²) in [6.07, 6.45) is 1.82. The number of hydrazone groups is 1. The molecule has 124 valence electrons. The minimum absolute atomic E-state index is 0.218. The molecule has 0 aromatic heterocycles. The second-order valence-corrected chi connectivity index (χ2v) is 6.69.